The second-order valence-corrected chi connectivity index (χ2v) is 7.46. The Morgan fingerprint density at radius 2 is 1.40 bits per heavy atom. The number of aryl methyl sites for hydroxylation is 1. The zero-order valence-corrected chi connectivity index (χ0v) is 15.4. The summed E-state index contributed by atoms with van der Waals surface area (Å²) in [5.74, 6) is 0. The molecular formula is C23H16BrN. The molecule has 0 radical (unpaired) electrons. The topological polar surface area (TPSA) is 4.93 Å². The highest BCUT2D eigenvalue weighted by molar-refractivity contribution is 9.10. The Labute approximate surface area is 154 Å². The second-order valence-electron chi connectivity index (χ2n) is 6.55. The number of benzene rings is 4. The number of aromatic nitrogens is 1. The van der Waals surface area contributed by atoms with E-state index in [1.165, 1.54) is 43.8 Å². The number of hydrogen-bond acceptors (Lipinski definition) is 0. The molecule has 1 aromatic heterocycles. The van der Waals surface area contributed by atoms with Gasteiger partial charge in [-0.1, -0.05) is 57.9 Å². The molecule has 0 fully saturated rings. The summed E-state index contributed by atoms with van der Waals surface area (Å²) < 4.78 is 3.47. The number of hydrogen-bond donors (Lipinski definition) is 0. The number of fused-ring (bicyclic) bond motifs is 4. The van der Waals surface area contributed by atoms with Crippen molar-refractivity contribution in [3.63, 3.8) is 0 Å². The van der Waals surface area contributed by atoms with Gasteiger partial charge in [-0.3, -0.25) is 0 Å². The standard InChI is InChI=1S/C23H16BrN/c1-15-6-10-22-20(12-15)21-14-18(24)8-11-23(21)25(22)19-9-7-16-4-2-3-5-17(16)13-19/h2-14H,1H3. The van der Waals surface area contributed by atoms with E-state index in [1.807, 2.05) is 0 Å². The van der Waals surface area contributed by atoms with E-state index >= 15 is 0 Å². The Balaban J connectivity index is 1.92. The molecule has 2 heteroatoms. The average molecular weight is 386 g/mol. The molecule has 1 nitrogen and oxygen atoms in total. The lowest BCUT2D eigenvalue weighted by atomic mass is 10.1. The van der Waals surface area contributed by atoms with E-state index in [-0.39, 0.29) is 0 Å². The smallest absolute Gasteiger partial charge is 0.0541 e. The average Bonchev–Trinajstić information content (AvgIpc) is 2.94. The first-order valence-electron chi connectivity index (χ1n) is 8.40. The lowest BCUT2D eigenvalue weighted by molar-refractivity contribution is 1.18. The molecule has 0 aliphatic rings. The first kappa shape index (κ1) is 14.7. The van der Waals surface area contributed by atoms with E-state index in [2.05, 4.69) is 106 Å². The lowest BCUT2D eigenvalue weighted by Gasteiger charge is -2.09. The molecule has 0 atom stereocenters. The van der Waals surface area contributed by atoms with Gasteiger partial charge in [0, 0.05) is 20.9 Å². The Morgan fingerprint density at radius 3 is 2.24 bits per heavy atom. The third kappa shape index (κ3) is 2.29. The maximum Gasteiger partial charge on any atom is 0.0541 e. The van der Waals surface area contributed by atoms with Gasteiger partial charge in [0.05, 0.1) is 11.0 Å². The minimum atomic E-state index is 1.11. The monoisotopic (exact) mass is 385 g/mol. The van der Waals surface area contributed by atoms with Gasteiger partial charge in [-0.05, 0) is 60.2 Å². The van der Waals surface area contributed by atoms with Crippen LogP contribution in [-0.2, 0) is 0 Å². The highest BCUT2D eigenvalue weighted by Gasteiger charge is 2.13. The molecule has 1 heterocycles. The Bertz CT molecular complexity index is 1200. The van der Waals surface area contributed by atoms with Crippen LogP contribution in [0.25, 0.3) is 38.3 Å². The molecule has 0 saturated heterocycles. The molecule has 25 heavy (non-hydrogen) atoms. The zero-order chi connectivity index (χ0) is 17.0. The molecule has 0 spiro atoms. The number of rotatable bonds is 1. The molecule has 4 aromatic carbocycles. The molecule has 0 amide bonds. The van der Waals surface area contributed by atoms with Gasteiger partial charge in [-0.25, -0.2) is 0 Å². The molecule has 5 rings (SSSR count). The molecule has 0 unspecified atom stereocenters. The lowest BCUT2D eigenvalue weighted by Crippen LogP contribution is -1.93. The van der Waals surface area contributed by atoms with Crippen LogP contribution in [0.3, 0.4) is 0 Å². The first-order chi connectivity index (χ1) is 12.2. The van der Waals surface area contributed by atoms with Crippen LogP contribution < -0.4 is 0 Å². The fourth-order valence-electron chi connectivity index (χ4n) is 3.70. The van der Waals surface area contributed by atoms with Crippen molar-refractivity contribution in [1.82, 2.24) is 4.57 Å². The second kappa shape index (κ2) is 5.47. The third-order valence-corrected chi connectivity index (χ3v) is 5.37. The summed E-state index contributed by atoms with van der Waals surface area (Å²) in [6, 6.07) is 28.4. The fourth-order valence-corrected chi connectivity index (χ4v) is 4.06. The van der Waals surface area contributed by atoms with E-state index < -0.39 is 0 Å². The molecule has 0 aliphatic heterocycles. The van der Waals surface area contributed by atoms with Crippen LogP contribution in [-0.4, -0.2) is 4.57 Å². The quantitative estimate of drug-likeness (QED) is 0.292. The fraction of sp³-hybridized carbons (Fsp3) is 0.0435. The molecular weight excluding hydrogens is 370 g/mol. The van der Waals surface area contributed by atoms with Gasteiger partial charge >= 0.3 is 0 Å². The van der Waals surface area contributed by atoms with Crippen LogP contribution in [0.2, 0.25) is 0 Å². The highest BCUT2D eigenvalue weighted by Crippen LogP contribution is 2.34. The maximum absolute atomic E-state index is 3.63. The molecule has 5 aromatic rings. The SMILES string of the molecule is Cc1ccc2c(c1)c1cc(Br)ccc1n2-c1ccc2ccccc2c1. The Morgan fingerprint density at radius 1 is 0.680 bits per heavy atom. The summed E-state index contributed by atoms with van der Waals surface area (Å²) in [4.78, 5) is 0. The van der Waals surface area contributed by atoms with E-state index in [4.69, 9.17) is 0 Å². The van der Waals surface area contributed by atoms with Gasteiger partial charge < -0.3 is 4.57 Å². The van der Waals surface area contributed by atoms with Gasteiger partial charge in [0.2, 0.25) is 0 Å². The number of halogens is 1. The van der Waals surface area contributed by atoms with Crippen molar-refractivity contribution in [3.05, 3.63) is 88.9 Å². The highest BCUT2D eigenvalue weighted by atomic mass is 79.9. The minimum absolute atomic E-state index is 1.11. The summed E-state index contributed by atoms with van der Waals surface area (Å²) in [5.41, 5.74) is 4.96. The zero-order valence-electron chi connectivity index (χ0n) is 13.8. The predicted molar refractivity (Wildman–Crippen MR) is 111 cm³/mol. The normalized spacial score (nSPS) is 11.6. The van der Waals surface area contributed by atoms with Crippen molar-refractivity contribution in [2.75, 3.05) is 0 Å². The van der Waals surface area contributed by atoms with Gasteiger partial charge in [0.25, 0.3) is 0 Å². The van der Waals surface area contributed by atoms with E-state index in [0.29, 0.717) is 0 Å². The predicted octanol–water partition coefficient (Wildman–Crippen LogP) is 7.01. The van der Waals surface area contributed by atoms with Crippen molar-refractivity contribution in [2.24, 2.45) is 0 Å². The maximum atomic E-state index is 3.63. The first-order valence-corrected chi connectivity index (χ1v) is 9.19. The van der Waals surface area contributed by atoms with Crippen LogP contribution in [0.15, 0.2) is 83.3 Å². The molecule has 120 valence electrons. The van der Waals surface area contributed by atoms with Gasteiger partial charge in [0.1, 0.15) is 0 Å². The summed E-state index contributed by atoms with van der Waals surface area (Å²) in [7, 11) is 0. The summed E-state index contributed by atoms with van der Waals surface area (Å²) in [6.45, 7) is 2.15. The van der Waals surface area contributed by atoms with Crippen molar-refractivity contribution >= 4 is 48.5 Å². The Kier molecular flexibility index (Phi) is 3.22. The van der Waals surface area contributed by atoms with Crippen molar-refractivity contribution in [1.29, 1.82) is 0 Å². The minimum Gasteiger partial charge on any atom is -0.309 e. The van der Waals surface area contributed by atoms with E-state index in [0.717, 1.165) is 4.47 Å². The largest absolute Gasteiger partial charge is 0.309 e. The van der Waals surface area contributed by atoms with Crippen LogP contribution in [0, 0.1) is 6.92 Å². The van der Waals surface area contributed by atoms with Crippen LogP contribution in [0.4, 0.5) is 0 Å². The number of nitrogens with zero attached hydrogens (tertiary/aromatic N) is 1. The van der Waals surface area contributed by atoms with Gasteiger partial charge in [-0.15, -0.1) is 0 Å². The van der Waals surface area contributed by atoms with Crippen molar-refractivity contribution < 1.29 is 0 Å². The molecule has 0 N–H and O–H groups in total. The molecule has 0 saturated carbocycles. The molecule has 0 bridgehead atoms. The van der Waals surface area contributed by atoms with Crippen LogP contribution in [0.5, 0.6) is 0 Å². The summed E-state index contributed by atoms with van der Waals surface area (Å²) in [5, 5.41) is 5.11. The Hall–Kier alpha value is -2.58. The van der Waals surface area contributed by atoms with Crippen molar-refractivity contribution in [2.45, 2.75) is 6.92 Å². The van der Waals surface area contributed by atoms with Gasteiger partial charge in [-0.2, -0.15) is 0 Å². The summed E-state index contributed by atoms with van der Waals surface area (Å²) in [6.07, 6.45) is 0. The molecule has 0 aliphatic carbocycles. The van der Waals surface area contributed by atoms with E-state index in [1.54, 1.807) is 0 Å². The van der Waals surface area contributed by atoms with Crippen LogP contribution in [0.1, 0.15) is 5.56 Å². The van der Waals surface area contributed by atoms with Crippen molar-refractivity contribution in [3.8, 4) is 5.69 Å². The van der Waals surface area contributed by atoms with Crippen LogP contribution >= 0.6 is 15.9 Å². The van der Waals surface area contributed by atoms with Gasteiger partial charge in [0.15, 0.2) is 0 Å². The van der Waals surface area contributed by atoms with E-state index in [9.17, 15) is 0 Å². The third-order valence-electron chi connectivity index (χ3n) is 4.87. The summed E-state index contributed by atoms with van der Waals surface area (Å²) >= 11 is 3.63.